The van der Waals surface area contributed by atoms with E-state index in [1.807, 2.05) is 0 Å². The molecule has 1 heterocycles. The van der Waals surface area contributed by atoms with Crippen molar-refractivity contribution in [2.24, 2.45) is 11.8 Å². The highest BCUT2D eigenvalue weighted by molar-refractivity contribution is 4.83. The van der Waals surface area contributed by atoms with E-state index in [9.17, 15) is 0 Å². The minimum absolute atomic E-state index is 0.267. The molecule has 0 N–H and O–H groups in total. The van der Waals surface area contributed by atoms with Crippen molar-refractivity contribution in [3.63, 3.8) is 0 Å². The van der Waals surface area contributed by atoms with Crippen molar-refractivity contribution in [2.75, 3.05) is 13.2 Å². The fraction of sp³-hybridized carbons (Fsp3) is 0.923. The van der Waals surface area contributed by atoms with Gasteiger partial charge in [0.05, 0.1) is 12.0 Å². The molecule has 1 aliphatic heterocycles. The Morgan fingerprint density at radius 2 is 1.60 bits per heavy atom. The second kappa shape index (κ2) is 7.70. The molecule has 0 aromatic carbocycles. The van der Waals surface area contributed by atoms with E-state index in [4.69, 9.17) is 10.00 Å². The van der Waals surface area contributed by atoms with Crippen molar-refractivity contribution in [3.8, 4) is 6.07 Å². The maximum atomic E-state index is 8.39. The zero-order valence-electron chi connectivity index (χ0n) is 9.87. The molecular formula is C13H23NO. The largest absolute Gasteiger partial charge is 0.381 e. The van der Waals surface area contributed by atoms with E-state index in [1.165, 1.54) is 32.1 Å². The Morgan fingerprint density at radius 3 is 1.93 bits per heavy atom. The van der Waals surface area contributed by atoms with Crippen LogP contribution in [0.1, 0.15) is 51.9 Å². The van der Waals surface area contributed by atoms with E-state index >= 15 is 0 Å². The van der Waals surface area contributed by atoms with E-state index in [2.05, 4.69) is 13.0 Å². The lowest BCUT2D eigenvalue weighted by atomic mass is 9.91. The van der Waals surface area contributed by atoms with Gasteiger partial charge >= 0.3 is 0 Å². The SMILES string of the molecule is CC1CCCCC1.N#CC1CCOCC1. The molecular weight excluding hydrogens is 186 g/mol. The summed E-state index contributed by atoms with van der Waals surface area (Å²) in [6.07, 6.45) is 9.29. The second-order valence-corrected chi connectivity index (χ2v) is 4.76. The molecule has 0 radical (unpaired) electrons. The molecule has 15 heavy (non-hydrogen) atoms. The molecule has 0 aromatic heterocycles. The minimum Gasteiger partial charge on any atom is -0.381 e. The van der Waals surface area contributed by atoms with Gasteiger partial charge in [-0.2, -0.15) is 5.26 Å². The van der Waals surface area contributed by atoms with Crippen LogP contribution < -0.4 is 0 Å². The van der Waals surface area contributed by atoms with Crippen molar-refractivity contribution in [2.45, 2.75) is 51.9 Å². The Bertz CT molecular complexity index is 185. The fourth-order valence-electron chi connectivity index (χ4n) is 2.13. The summed E-state index contributed by atoms with van der Waals surface area (Å²) in [5.41, 5.74) is 0. The monoisotopic (exact) mass is 209 g/mol. The van der Waals surface area contributed by atoms with Crippen molar-refractivity contribution in [1.29, 1.82) is 5.26 Å². The van der Waals surface area contributed by atoms with Gasteiger partial charge in [-0.05, 0) is 18.8 Å². The summed E-state index contributed by atoms with van der Waals surface area (Å²) in [6, 6.07) is 2.22. The number of rotatable bonds is 0. The van der Waals surface area contributed by atoms with Gasteiger partial charge in [-0.25, -0.2) is 0 Å². The van der Waals surface area contributed by atoms with Crippen LogP contribution in [0.4, 0.5) is 0 Å². The molecule has 2 nitrogen and oxygen atoms in total. The molecule has 0 unspecified atom stereocenters. The first-order valence-corrected chi connectivity index (χ1v) is 6.30. The first-order chi connectivity index (χ1) is 7.33. The van der Waals surface area contributed by atoms with E-state index in [0.29, 0.717) is 0 Å². The number of nitriles is 1. The van der Waals surface area contributed by atoms with Crippen LogP contribution in [0.2, 0.25) is 0 Å². The van der Waals surface area contributed by atoms with Gasteiger partial charge in [0, 0.05) is 13.2 Å². The van der Waals surface area contributed by atoms with E-state index in [1.54, 1.807) is 0 Å². The minimum atomic E-state index is 0.267. The summed E-state index contributed by atoms with van der Waals surface area (Å²) in [5.74, 6) is 1.30. The molecule has 0 bridgehead atoms. The van der Waals surface area contributed by atoms with E-state index < -0.39 is 0 Å². The molecule has 0 atom stereocenters. The van der Waals surface area contributed by atoms with Crippen LogP contribution in [-0.4, -0.2) is 13.2 Å². The van der Waals surface area contributed by atoms with E-state index in [-0.39, 0.29) is 5.92 Å². The Kier molecular flexibility index (Phi) is 6.43. The van der Waals surface area contributed by atoms with Gasteiger partial charge in [0.2, 0.25) is 0 Å². The van der Waals surface area contributed by atoms with Crippen LogP contribution in [-0.2, 0) is 4.74 Å². The number of hydrogen-bond donors (Lipinski definition) is 0. The summed E-state index contributed by atoms with van der Waals surface area (Å²) in [4.78, 5) is 0. The summed E-state index contributed by atoms with van der Waals surface area (Å²) in [6.45, 7) is 3.91. The zero-order valence-corrected chi connectivity index (χ0v) is 9.87. The highest BCUT2D eigenvalue weighted by atomic mass is 16.5. The molecule has 1 saturated carbocycles. The summed E-state index contributed by atoms with van der Waals surface area (Å²) in [7, 11) is 0. The predicted molar refractivity (Wildman–Crippen MR) is 61.4 cm³/mol. The van der Waals surface area contributed by atoms with Gasteiger partial charge < -0.3 is 4.74 Å². The van der Waals surface area contributed by atoms with Crippen LogP contribution in [0.5, 0.6) is 0 Å². The third-order valence-electron chi connectivity index (χ3n) is 3.30. The predicted octanol–water partition coefficient (Wildman–Crippen LogP) is 3.52. The average molecular weight is 209 g/mol. The Labute approximate surface area is 93.6 Å². The third kappa shape index (κ3) is 5.79. The molecule has 1 aliphatic carbocycles. The molecule has 0 amide bonds. The van der Waals surface area contributed by atoms with Gasteiger partial charge in [-0.1, -0.05) is 39.0 Å². The lowest BCUT2D eigenvalue weighted by Gasteiger charge is -2.15. The maximum Gasteiger partial charge on any atom is 0.0657 e. The van der Waals surface area contributed by atoms with Gasteiger partial charge in [0.1, 0.15) is 0 Å². The van der Waals surface area contributed by atoms with Gasteiger partial charge in [-0.3, -0.25) is 0 Å². The van der Waals surface area contributed by atoms with Crippen LogP contribution in [0, 0.1) is 23.2 Å². The lowest BCUT2D eigenvalue weighted by molar-refractivity contribution is 0.0802. The first-order valence-electron chi connectivity index (χ1n) is 6.30. The highest BCUT2D eigenvalue weighted by Gasteiger charge is 2.11. The quantitative estimate of drug-likeness (QED) is 0.611. The molecule has 2 rings (SSSR count). The van der Waals surface area contributed by atoms with Crippen LogP contribution in [0.25, 0.3) is 0 Å². The normalized spacial score (nSPS) is 23.7. The highest BCUT2D eigenvalue weighted by Crippen LogP contribution is 2.22. The van der Waals surface area contributed by atoms with Crippen LogP contribution >= 0.6 is 0 Å². The van der Waals surface area contributed by atoms with Gasteiger partial charge in [-0.15, -0.1) is 0 Å². The lowest BCUT2D eigenvalue weighted by Crippen LogP contribution is -2.13. The smallest absolute Gasteiger partial charge is 0.0657 e. The standard InChI is InChI=1S/C7H14.C6H9NO/c1-7-5-3-2-4-6-7;7-5-6-1-3-8-4-2-6/h7H,2-6H2,1H3;6H,1-4H2. The number of nitrogens with zero attached hydrogens (tertiary/aromatic N) is 1. The fourth-order valence-corrected chi connectivity index (χ4v) is 2.13. The van der Waals surface area contributed by atoms with E-state index in [0.717, 1.165) is 32.0 Å². The average Bonchev–Trinajstić information content (AvgIpc) is 2.32. The number of hydrogen-bond acceptors (Lipinski definition) is 2. The molecule has 1 saturated heterocycles. The summed E-state index contributed by atoms with van der Waals surface area (Å²) >= 11 is 0. The summed E-state index contributed by atoms with van der Waals surface area (Å²) < 4.78 is 5.05. The summed E-state index contributed by atoms with van der Waals surface area (Å²) in [5, 5.41) is 8.39. The molecule has 2 heteroatoms. The maximum absolute atomic E-state index is 8.39. The molecule has 0 spiro atoms. The Morgan fingerprint density at radius 1 is 1.00 bits per heavy atom. The first kappa shape index (κ1) is 12.5. The Balaban J connectivity index is 0.000000151. The molecule has 2 aliphatic rings. The molecule has 0 aromatic rings. The van der Waals surface area contributed by atoms with Crippen molar-refractivity contribution >= 4 is 0 Å². The number of ether oxygens (including phenoxy) is 1. The molecule has 2 fully saturated rings. The van der Waals surface area contributed by atoms with Crippen LogP contribution in [0.15, 0.2) is 0 Å². The Hall–Kier alpha value is -0.550. The second-order valence-electron chi connectivity index (χ2n) is 4.76. The van der Waals surface area contributed by atoms with Crippen molar-refractivity contribution < 1.29 is 4.74 Å². The van der Waals surface area contributed by atoms with Crippen LogP contribution in [0.3, 0.4) is 0 Å². The molecule has 86 valence electrons. The zero-order chi connectivity index (χ0) is 10.9. The topological polar surface area (TPSA) is 33.0 Å². The van der Waals surface area contributed by atoms with Crippen molar-refractivity contribution in [1.82, 2.24) is 0 Å². The van der Waals surface area contributed by atoms with Gasteiger partial charge in [0.25, 0.3) is 0 Å². The van der Waals surface area contributed by atoms with Gasteiger partial charge in [0.15, 0.2) is 0 Å². The third-order valence-corrected chi connectivity index (χ3v) is 3.30. The van der Waals surface area contributed by atoms with Crippen molar-refractivity contribution in [3.05, 3.63) is 0 Å².